The molecule has 0 N–H and O–H groups in total. The van der Waals surface area contributed by atoms with Gasteiger partial charge in [0.2, 0.25) is 10.0 Å². The molecule has 0 saturated carbocycles. The topological polar surface area (TPSA) is 57.7 Å². The van der Waals surface area contributed by atoms with Gasteiger partial charge < -0.3 is 4.90 Å². The summed E-state index contributed by atoms with van der Waals surface area (Å²) in [5.41, 5.74) is 0.495. The fraction of sp³-hybridized carbons (Fsp3) is 0.500. The highest BCUT2D eigenvalue weighted by molar-refractivity contribution is 7.88. The molecule has 1 saturated heterocycles. The van der Waals surface area contributed by atoms with E-state index in [4.69, 9.17) is 11.6 Å². The monoisotopic (exact) mass is 330 g/mol. The molecule has 1 amide bonds. The molecule has 116 valence electrons. The van der Waals surface area contributed by atoms with Crippen molar-refractivity contribution in [1.82, 2.24) is 9.21 Å². The molecule has 0 aromatic heterocycles. The molecule has 0 bridgehead atoms. The smallest absolute Gasteiger partial charge is 0.255 e. The van der Waals surface area contributed by atoms with Crippen LogP contribution in [-0.2, 0) is 10.0 Å². The van der Waals surface area contributed by atoms with Gasteiger partial charge in [0, 0.05) is 26.2 Å². The van der Waals surface area contributed by atoms with Gasteiger partial charge in [0.1, 0.15) is 0 Å². The van der Waals surface area contributed by atoms with Crippen molar-refractivity contribution in [2.45, 2.75) is 18.9 Å². The van der Waals surface area contributed by atoms with Gasteiger partial charge in [-0.2, -0.15) is 0 Å². The summed E-state index contributed by atoms with van der Waals surface area (Å²) < 4.78 is 24.5. The Hall–Kier alpha value is -1.11. The summed E-state index contributed by atoms with van der Waals surface area (Å²) in [5, 5.41) is 0.442. The standard InChI is InChI=1S/C14H19ClN2O3S/c1-16(21(2,19)20)11-7-9-17(10-8-11)14(18)12-5-3-4-6-13(12)15/h3-6,11H,7-10H2,1-2H3. The number of carbonyl (C=O) groups is 1. The highest BCUT2D eigenvalue weighted by Crippen LogP contribution is 2.22. The van der Waals surface area contributed by atoms with E-state index in [1.807, 2.05) is 0 Å². The first-order valence-corrected chi connectivity index (χ1v) is 9.00. The van der Waals surface area contributed by atoms with Gasteiger partial charge in [-0.15, -0.1) is 0 Å². The van der Waals surface area contributed by atoms with E-state index in [9.17, 15) is 13.2 Å². The summed E-state index contributed by atoms with van der Waals surface area (Å²) in [6, 6.07) is 6.92. The second kappa shape index (κ2) is 6.34. The van der Waals surface area contributed by atoms with Gasteiger partial charge in [-0.3, -0.25) is 4.79 Å². The molecule has 0 radical (unpaired) electrons. The Bertz CT molecular complexity index is 625. The first-order chi connectivity index (χ1) is 9.80. The molecule has 5 nitrogen and oxygen atoms in total. The van der Waals surface area contributed by atoms with Gasteiger partial charge in [-0.1, -0.05) is 23.7 Å². The van der Waals surface area contributed by atoms with Crippen molar-refractivity contribution in [3.63, 3.8) is 0 Å². The van der Waals surface area contributed by atoms with E-state index in [1.54, 1.807) is 36.2 Å². The predicted molar refractivity (Wildman–Crippen MR) is 83.0 cm³/mol. The lowest BCUT2D eigenvalue weighted by atomic mass is 10.0. The summed E-state index contributed by atoms with van der Waals surface area (Å²) in [4.78, 5) is 14.1. The maximum Gasteiger partial charge on any atom is 0.255 e. The van der Waals surface area contributed by atoms with Gasteiger partial charge in [0.15, 0.2) is 0 Å². The Morgan fingerprint density at radius 1 is 1.29 bits per heavy atom. The van der Waals surface area contributed by atoms with E-state index >= 15 is 0 Å². The number of rotatable bonds is 3. The van der Waals surface area contributed by atoms with Crippen molar-refractivity contribution < 1.29 is 13.2 Å². The van der Waals surface area contributed by atoms with E-state index in [1.165, 1.54) is 10.6 Å². The number of carbonyl (C=O) groups excluding carboxylic acids is 1. The molecule has 0 spiro atoms. The van der Waals surface area contributed by atoms with Crippen molar-refractivity contribution >= 4 is 27.5 Å². The SMILES string of the molecule is CN(C1CCN(C(=O)c2ccccc2Cl)CC1)S(C)(=O)=O. The van der Waals surface area contributed by atoms with Gasteiger partial charge >= 0.3 is 0 Å². The largest absolute Gasteiger partial charge is 0.338 e. The molecular weight excluding hydrogens is 312 g/mol. The van der Waals surface area contributed by atoms with Crippen LogP contribution < -0.4 is 0 Å². The van der Waals surface area contributed by atoms with Crippen LogP contribution >= 0.6 is 11.6 Å². The third kappa shape index (κ3) is 3.75. The van der Waals surface area contributed by atoms with Crippen LogP contribution in [0.2, 0.25) is 5.02 Å². The van der Waals surface area contributed by atoms with E-state index in [2.05, 4.69) is 0 Å². The Labute approximate surface area is 130 Å². The number of amides is 1. The summed E-state index contributed by atoms with van der Waals surface area (Å²) in [6.07, 6.45) is 2.48. The van der Waals surface area contributed by atoms with Crippen LogP contribution in [0.15, 0.2) is 24.3 Å². The number of hydrogen-bond acceptors (Lipinski definition) is 3. The van der Waals surface area contributed by atoms with Gasteiger partial charge in [0.05, 0.1) is 16.8 Å². The molecule has 7 heteroatoms. The van der Waals surface area contributed by atoms with Crippen molar-refractivity contribution in [3.05, 3.63) is 34.9 Å². The Kier molecular flexibility index (Phi) is 4.91. The minimum absolute atomic E-state index is 0.0460. The lowest BCUT2D eigenvalue weighted by Gasteiger charge is -2.35. The number of sulfonamides is 1. The normalized spacial score (nSPS) is 17.2. The van der Waals surface area contributed by atoms with Crippen molar-refractivity contribution in [2.75, 3.05) is 26.4 Å². The third-order valence-electron chi connectivity index (χ3n) is 3.89. The molecule has 1 aromatic carbocycles. The highest BCUT2D eigenvalue weighted by atomic mass is 35.5. The number of piperidine rings is 1. The average Bonchev–Trinajstić information content (AvgIpc) is 2.45. The second-order valence-electron chi connectivity index (χ2n) is 5.28. The van der Waals surface area contributed by atoms with Crippen LogP contribution in [0.1, 0.15) is 23.2 Å². The molecule has 0 aliphatic carbocycles. The van der Waals surface area contributed by atoms with E-state index < -0.39 is 10.0 Å². The van der Waals surface area contributed by atoms with E-state index in [0.717, 1.165) is 0 Å². The summed E-state index contributed by atoms with van der Waals surface area (Å²) in [7, 11) is -1.60. The zero-order valence-electron chi connectivity index (χ0n) is 12.1. The second-order valence-corrected chi connectivity index (χ2v) is 7.73. The molecule has 1 aromatic rings. The van der Waals surface area contributed by atoms with E-state index in [0.29, 0.717) is 36.5 Å². The molecule has 1 aliphatic rings. The Morgan fingerprint density at radius 2 is 1.86 bits per heavy atom. The quantitative estimate of drug-likeness (QED) is 0.849. The minimum Gasteiger partial charge on any atom is -0.338 e. The minimum atomic E-state index is -3.19. The Balaban J connectivity index is 2.02. The van der Waals surface area contributed by atoms with Crippen LogP contribution in [0.5, 0.6) is 0 Å². The zero-order chi connectivity index (χ0) is 15.6. The maximum absolute atomic E-state index is 12.4. The molecule has 2 rings (SSSR count). The molecule has 1 heterocycles. The predicted octanol–water partition coefficient (Wildman–Crippen LogP) is 1.84. The number of benzene rings is 1. The number of hydrogen-bond donors (Lipinski definition) is 0. The summed E-state index contributed by atoms with van der Waals surface area (Å²) in [6.45, 7) is 1.07. The molecule has 0 unspecified atom stereocenters. The molecular formula is C14H19ClN2O3S. The lowest BCUT2D eigenvalue weighted by Crippen LogP contribution is -2.47. The van der Waals surface area contributed by atoms with Crippen molar-refractivity contribution in [1.29, 1.82) is 0 Å². The molecule has 1 aliphatic heterocycles. The summed E-state index contributed by atoms with van der Waals surface area (Å²) in [5.74, 6) is -0.0962. The first kappa shape index (κ1) is 16.3. The lowest BCUT2D eigenvalue weighted by molar-refractivity contribution is 0.0686. The van der Waals surface area contributed by atoms with Crippen LogP contribution in [0, 0.1) is 0 Å². The van der Waals surface area contributed by atoms with Crippen LogP contribution in [0.3, 0.4) is 0 Å². The third-order valence-corrected chi connectivity index (χ3v) is 5.57. The van der Waals surface area contributed by atoms with Crippen LogP contribution in [0.25, 0.3) is 0 Å². The number of likely N-dealkylation sites (tertiary alicyclic amines) is 1. The van der Waals surface area contributed by atoms with Crippen LogP contribution in [-0.4, -0.2) is 56.0 Å². The highest BCUT2D eigenvalue weighted by Gasteiger charge is 2.29. The zero-order valence-corrected chi connectivity index (χ0v) is 13.7. The number of nitrogens with zero attached hydrogens (tertiary/aromatic N) is 2. The van der Waals surface area contributed by atoms with Gasteiger partial charge in [0.25, 0.3) is 5.91 Å². The molecule has 1 fully saturated rings. The fourth-order valence-corrected chi connectivity index (χ4v) is 3.48. The maximum atomic E-state index is 12.4. The molecule has 0 atom stereocenters. The fourth-order valence-electron chi connectivity index (χ4n) is 2.51. The van der Waals surface area contributed by atoms with Crippen LogP contribution in [0.4, 0.5) is 0 Å². The first-order valence-electron chi connectivity index (χ1n) is 6.77. The van der Waals surface area contributed by atoms with E-state index in [-0.39, 0.29) is 11.9 Å². The number of halogens is 1. The van der Waals surface area contributed by atoms with Gasteiger partial charge in [-0.05, 0) is 25.0 Å². The van der Waals surface area contributed by atoms with Crippen molar-refractivity contribution in [2.24, 2.45) is 0 Å². The summed E-state index contributed by atoms with van der Waals surface area (Å²) >= 11 is 6.04. The average molecular weight is 331 g/mol. The van der Waals surface area contributed by atoms with Crippen molar-refractivity contribution in [3.8, 4) is 0 Å². The molecule has 21 heavy (non-hydrogen) atoms. The Morgan fingerprint density at radius 3 is 2.38 bits per heavy atom. The van der Waals surface area contributed by atoms with Gasteiger partial charge in [-0.25, -0.2) is 12.7 Å².